The van der Waals surface area contributed by atoms with Crippen molar-refractivity contribution in [3.8, 4) is 5.75 Å². The molecule has 7 heteroatoms. The highest BCUT2D eigenvalue weighted by molar-refractivity contribution is 7.99. The fraction of sp³-hybridized carbons (Fsp3) is 0.500. The Kier molecular flexibility index (Phi) is 5.96. The number of para-hydroxylation sites is 2. The summed E-state index contributed by atoms with van der Waals surface area (Å²) in [6, 6.07) is 7.47. The third-order valence-corrected chi connectivity index (χ3v) is 4.90. The Morgan fingerprint density at radius 1 is 1.32 bits per heavy atom. The van der Waals surface area contributed by atoms with Gasteiger partial charge in [-0.25, -0.2) is 0 Å². The van der Waals surface area contributed by atoms with Crippen LogP contribution in [0.25, 0.3) is 0 Å². The SMILES string of the molecule is CCCn1c(SCC(=O)Nc2ccccc2OCC)nnc1C1CC1. The third-order valence-electron chi connectivity index (χ3n) is 3.93. The number of carbonyl (C=O) groups is 1. The number of nitrogens with zero attached hydrogens (tertiary/aromatic N) is 3. The Balaban J connectivity index is 1.61. The van der Waals surface area contributed by atoms with Crippen molar-refractivity contribution in [1.29, 1.82) is 0 Å². The molecule has 0 bridgehead atoms. The molecular formula is C18H24N4O2S. The van der Waals surface area contributed by atoms with Crippen LogP contribution in [0.2, 0.25) is 0 Å². The molecule has 1 saturated carbocycles. The van der Waals surface area contributed by atoms with Crippen LogP contribution in [0, 0.1) is 0 Å². The van der Waals surface area contributed by atoms with E-state index in [9.17, 15) is 4.79 Å². The van der Waals surface area contributed by atoms with Crippen molar-refractivity contribution in [3.05, 3.63) is 30.1 Å². The fourth-order valence-electron chi connectivity index (χ4n) is 2.65. The standard InChI is InChI=1S/C18H24N4O2S/c1-3-11-22-17(13-9-10-13)20-21-18(22)25-12-16(23)19-14-7-5-6-8-15(14)24-4-2/h5-8,13H,3-4,9-12H2,1-2H3,(H,19,23). The van der Waals surface area contributed by atoms with Crippen LogP contribution >= 0.6 is 11.8 Å². The quantitative estimate of drug-likeness (QED) is 0.691. The van der Waals surface area contributed by atoms with E-state index >= 15 is 0 Å². The van der Waals surface area contributed by atoms with Crippen LogP contribution in [0.1, 0.15) is 44.9 Å². The summed E-state index contributed by atoms with van der Waals surface area (Å²) in [7, 11) is 0. The summed E-state index contributed by atoms with van der Waals surface area (Å²) in [5, 5.41) is 12.4. The lowest BCUT2D eigenvalue weighted by Gasteiger charge is -2.11. The van der Waals surface area contributed by atoms with Gasteiger partial charge in [-0.1, -0.05) is 30.8 Å². The molecule has 1 aliphatic rings. The summed E-state index contributed by atoms with van der Waals surface area (Å²) in [5.41, 5.74) is 0.698. The Morgan fingerprint density at radius 2 is 2.12 bits per heavy atom. The minimum absolute atomic E-state index is 0.0730. The van der Waals surface area contributed by atoms with E-state index in [1.54, 1.807) is 0 Å². The minimum Gasteiger partial charge on any atom is -0.492 e. The van der Waals surface area contributed by atoms with E-state index in [1.807, 2.05) is 31.2 Å². The monoisotopic (exact) mass is 360 g/mol. The average Bonchev–Trinajstić information content (AvgIpc) is 3.37. The van der Waals surface area contributed by atoms with Gasteiger partial charge in [0.1, 0.15) is 11.6 Å². The molecular weight excluding hydrogens is 336 g/mol. The lowest BCUT2D eigenvalue weighted by Crippen LogP contribution is -2.15. The Morgan fingerprint density at radius 3 is 2.84 bits per heavy atom. The Bertz CT molecular complexity index is 728. The number of aromatic nitrogens is 3. The van der Waals surface area contributed by atoms with Crippen LogP contribution in [-0.4, -0.2) is 33.0 Å². The summed E-state index contributed by atoms with van der Waals surface area (Å²) in [6.45, 7) is 5.52. The lowest BCUT2D eigenvalue weighted by atomic mass is 10.3. The first-order valence-electron chi connectivity index (χ1n) is 8.80. The van der Waals surface area contributed by atoms with Crippen LogP contribution in [0.5, 0.6) is 5.75 Å². The first kappa shape index (κ1) is 17.8. The first-order chi connectivity index (χ1) is 12.2. The van der Waals surface area contributed by atoms with Gasteiger partial charge in [0.25, 0.3) is 0 Å². The molecule has 1 aliphatic carbocycles. The summed E-state index contributed by atoms with van der Waals surface area (Å²) >= 11 is 1.44. The maximum atomic E-state index is 12.3. The zero-order valence-corrected chi connectivity index (χ0v) is 15.5. The number of nitrogens with one attached hydrogen (secondary N) is 1. The first-order valence-corrected chi connectivity index (χ1v) is 9.79. The van der Waals surface area contributed by atoms with Gasteiger partial charge in [0.15, 0.2) is 5.16 Å². The van der Waals surface area contributed by atoms with Crippen LogP contribution < -0.4 is 10.1 Å². The van der Waals surface area contributed by atoms with Crippen molar-refractivity contribution < 1.29 is 9.53 Å². The second-order valence-electron chi connectivity index (χ2n) is 6.03. The average molecular weight is 360 g/mol. The summed E-state index contributed by atoms with van der Waals surface area (Å²) in [5.74, 6) is 2.55. The number of hydrogen-bond acceptors (Lipinski definition) is 5. The van der Waals surface area contributed by atoms with E-state index in [-0.39, 0.29) is 5.91 Å². The Hall–Kier alpha value is -2.02. The molecule has 0 spiro atoms. The predicted octanol–water partition coefficient (Wildman–Crippen LogP) is 3.70. The molecule has 0 unspecified atom stereocenters. The molecule has 1 heterocycles. The van der Waals surface area contributed by atoms with Gasteiger partial charge >= 0.3 is 0 Å². The number of benzene rings is 1. The van der Waals surface area contributed by atoms with Crippen molar-refractivity contribution in [3.63, 3.8) is 0 Å². The third kappa shape index (κ3) is 4.54. The van der Waals surface area contributed by atoms with Gasteiger partial charge in [0.2, 0.25) is 5.91 Å². The van der Waals surface area contributed by atoms with Crippen LogP contribution in [0.3, 0.4) is 0 Å². The van der Waals surface area contributed by atoms with Crippen LogP contribution in [-0.2, 0) is 11.3 Å². The molecule has 6 nitrogen and oxygen atoms in total. The molecule has 134 valence electrons. The van der Waals surface area contributed by atoms with Crippen molar-refractivity contribution in [1.82, 2.24) is 14.8 Å². The van der Waals surface area contributed by atoms with E-state index in [2.05, 4.69) is 27.0 Å². The molecule has 2 aromatic rings. The van der Waals surface area contributed by atoms with Gasteiger partial charge in [-0.15, -0.1) is 10.2 Å². The maximum Gasteiger partial charge on any atom is 0.234 e. The Labute approximate surface area is 152 Å². The zero-order valence-electron chi connectivity index (χ0n) is 14.7. The number of carbonyl (C=O) groups excluding carboxylic acids is 1. The highest BCUT2D eigenvalue weighted by Crippen LogP contribution is 2.40. The largest absolute Gasteiger partial charge is 0.492 e. The number of amides is 1. The molecule has 0 aliphatic heterocycles. The molecule has 25 heavy (non-hydrogen) atoms. The topological polar surface area (TPSA) is 69.0 Å². The van der Waals surface area contributed by atoms with Gasteiger partial charge in [-0.2, -0.15) is 0 Å². The molecule has 0 atom stereocenters. The molecule has 1 N–H and O–H groups in total. The highest BCUT2D eigenvalue weighted by Gasteiger charge is 2.30. The minimum atomic E-state index is -0.0730. The smallest absolute Gasteiger partial charge is 0.234 e. The summed E-state index contributed by atoms with van der Waals surface area (Å²) in [6.07, 6.45) is 3.42. The van der Waals surface area contributed by atoms with Gasteiger partial charge < -0.3 is 14.6 Å². The molecule has 1 aromatic carbocycles. The molecule has 0 radical (unpaired) electrons. The van der Waals surface area contributed by atoms with E-state index in [4.69, 9.17) is 4.74 Å². The van der Waals surface area contributed by atoms with Gasteiger partial charge in [-0.05, 0) is 38.3 Å². The van der Waals surface area contributed by atoms with Crippen LogP contribution in [0.4, 0.5) is 5.69 Å². The van der Waals surface area contributed by atoms with E-state index in [0.717, 1.165) is 23.9 Å². The number of thioether (sulfide) groups is 1. The number of hydrogen-bond donors (Lipinski definition) is 1. The van der Waals surface area contributed by atoms with E-state index in [0.29, 0.717) is 29.7 Å². The molecule has 1 amide bonds. The van der Waals surface area contributed by atoms with Gasteiger partial charge in [0.05, 0.1) is 18.0 Å². The van der Waals surface area contributed by atoms with Gasteiger partial charge in [0, 0.05) is 12.5 Å². The highest BCUT2D eigenvalue weighted by atomic mass is 32.2. The van der Waals surface area contributed by atoms with E-state index in [1.165, 1.54) is 24.6 Å². The second-order valence-corrected chi connectivity index (χ2v) is 6.98. The maximum absolute atomic E-state index is 12.3. The lowest BCUT2D eigenvalue weighted by molar-refractivity contribution is -0.113. The molecule has 1 aromatic heterocycles. The van der Waals surface area contributed by atoms with Gasteiger partial charge in [-0.3, -0.25) is 4.79 Å². The van der Waals surface area contributed by atoms with Crippen molar-refractivity contribution in [2.24, 2.45) is 0 Å². The summed E-state index contributed by atoms with van der Waals surface area (Å²) < 4.78 is 7.71. The van der Waals surface area contributed by atoms with Crippen LogP contribution in [0.15, 0.2) is 29.4 Å². The normalized spacial score (nSPS) is 13.7. The second kappa shape index (κ2) is 8.38. The van der Waals surface area contributed by atoms with E-state index < -0.39 is 0 Å². The summed E-state index contributed by atoms with van der Waals surface area (Å²) in [4.78, 5) is 12.3. The number of rotatable bonds is 9. The zero-order chi connectivity index (χ0) is 17.6. The number of ether oxygens (including phenoxy) is 1. The number of anilines is 1. The molecule has 0 saturated heterocycles. The van der Waals surface area contributed by atoms with Crippen molar-refractivity contribution >= 4 is 23.4 Å². The fourth-order valence-corrected chi connectivity index (χ4v) is 3.42. The molecule has 1 fully saturated rings. The molecule has 3 rings (SSSR count). The van der Waals surface area contributed by atoms with Crippen molar-refractivity contribution in [2.45, 2.75) is 50.7 Å². The van der Waals surface area contributed by atoms with Crippen molar-refractivity contribution in [2.75, 3.05) is 17.7 Å². The predicted molar refractivity (Wildman–Crippen MR) is 99.3 cm³/mol.